The molecule has 504 valence electrons. The van der Waals surface area contributed by atoms with Crippen LogP contribution in [0.4, 0.5) is 120 Å². The molecule has 2 unspecified atom stereocenters. The van der Waals surface area contributed by atoms with E-state index in [1.165, 1.54) is 6.07 Å². The third-order valence-electron chi connectivity index (χ3n) is 17.4. The van der Waals surface area contributed by atoms with Crippen molar-refractivity contribution < 1.29 is 119 Å². The van der Waals surface area contributed by atoms with Gasteiger partial charge in [0.05, 0.1) is 34.6 Å². The van der Waals surface area contributed by atoms with Gasteiger partial charge in [0, 0.05) is 17.9 Å². The summed E-state index contributed by atoms with van der Waals surface area (Å²) in [4.78, 5) is 1.08. The number of fused-ring (bicyclic) bond motifs is 4. The minimum absolute atomic E-state index is 0.487. The number of hydrogen-bond acceptors (Lipinski definition) is 0. The van der Waals surface area contributed by atoms with E-state index in [1.54, 1.807) is 12.1 Å². The summed E-state index contributed by atoms with van der Waals surface area (Å²) in [7, 11) is 0. The van der Waals surface area contributed by atoms with Crippen LogP contribution in [0.5, 0.6) is 0 Å². The molecule has 9 rings (SSSR count). The molecule has 1 N–H and O–H groups in total. The number of hydrogen-bond donors (Lipinski definition) is 1. The Bertz CT molecular complexity index is 4060. The van der Waals surface area contributed by atoms with Gasteiger partial charge in [-0.2, -0.15) is 4.39 Å². The predicted octanol–water partition coefficient (Wildman–Crippen LogP) is 17.6. The van der Waals surface area contributed by atoms with Crippen LogP contribution in [0.1, 0.15) is 103 Å². The number of rotatable bonds is 17. The predicted molar refractivity (Wildman–Crippen MR) is 301 cm³/mol. The van der Waals surface area contributed by atoms with E-state index < -0.39 is 270 Å². The minimum Gasteiger partial charge on any atom is -0.299 e. The molecular formula is C66H50BF26N. The molecule has 0 aromatic heterocycles. The SMILES string of the molecule is CCCC(C)C[NH+](CC(C)CCC)c1cccc(F)c1F.CCc1c(F)c(F)c(F)c2c(F)c(F)c(F)c([B-](c3c(F)c(F)c(F)c4c(F)c(F)c(F)c(CC)c34)(c3c(F)c(F)c(F)c4c(F)c(F)c(F)c(CC)c34)c3c(F)c(F)c(F)c4c(F)c(F)c(F)c(CC)c34)c12. The number of quaternary nitrogens is 1. The first-order valence-corrected chi connectivity index (χ1v) is 29.2. The van der Waals surface area contributed by atoms with Crippen molar-refractivity contribution in [1.29, 1.82) is 0 Å². The summed E-state index contributed by atoms with van der Waals surface area (Å²) in [6.07, 6.45) is -8.48. The van der Waals surface area contributed by atoms with Crippen LogP contribution in [0.3, 0.4) is 0 Å². The van der Waals surface area contributed by atoms with E-state index in [9.17, 15) is 8.78 Å². The first-order valence-electron chi connectivity index (χ1n) is 29.2. The van der Waals surface area contributed by atoms with Crippen molar-refractivity contribution in [2.75, 3.05) is 13.1 Å². The van der Waals surface area contributed by atoms with E-state index >= 15 is 105 Å². The molecule has 0 heterocycles. The van der Waals surface area contributed by atoms with Gasteiger partial charge in [0.1, 0.15) is 29.4 Å². The zero-order chi connectivity index (χ0) is 70.3. The summed E-state index contributed by atoms with van der Waals surface area (Å²) < 4.78 is 426. The zero-order valence-electron chi connectivity index (χ0n) is 50.4. The Kier molecular flexibility index (Phi) is 20.8. The van der Waals surface area contributed by atoms with Gasteiger partial charge in [-0.25, -0.2) is 110 Å². The lowest BCUT2D eigenvalue weighted by Gasteiger charge is -2.48. The topological polar surface area (TPSA) is 4.44 Å². The van der Waals surface area contributed by atoms with E-state index in [2.05, 4.69) is 27.7 Å². The monoisotopic (exact) mass is 1360 g/mol. The maximum atomic E-state index is 18.1. The molecule has 0 saturated carbocycles. The quantitative estimate of drug-likeness (QED) is 0.0526. The van der Waals surface area contributed by atoms with Gasteiger partial charge < -0.3 is 0 Å². The Morgan fingerprint density at radius 1 is 0.277 bits per heavy atom. The summed E-state index contributed by atoms with van der Waals surface area (Å²) in [5.41, 5.74) is -19.0. The lowest BCUT2D eigenvalue weighted by Crippen LogP contribution is -3.09. The molecule has 2 atom stereocenters. The molecule has 0 saturated heterocycles. The van der Waals surface area contributed by atoms with Crippen LogP contribution in [-0.2, 0) is 25.7 Å². The van der Waals surface area contributed by atoms with Crippen LogP contribution in [0.15, 0.2) is 18.2 Å². The van der Waals surface area contributed by atoms with Crippen molar-refractivity contribution in [3.63, 3.8) is 0 Å². The number of aryl methyl sites for hydroxylation is 4. The van der Waals surface area contributed by atoms with Crippen LogP contribution in [0, 0.1) is 163 Å². The highest BCUT2D eigenvalue weighted by atomic mass is 19.2. The maximum absolute atomic E-state index is 18.1. The molecular weight excluding hydrogens is 1310 g/mol. The number of halogens is 26. The van der Waals surface area contributed by atoms with Gasteiger partial charge >= 0.3 is 0 Å². The van der Waals surface area contributed by atoms with Crippen molar-refractivity contribution in [2.45, 2.75) is 107 Å². The van der Waals surface area contributed by atoms with Crippen molar-refractivity contribution in [1.82, 2.24) is 0 Å². The summed E-state index contributed by atoms with van der Waals surface area (Å²) in [5.74, 6) is -75.1. The second-order valence-corrected chi connectivity index (χ2v) is 22.8. The van der Waals surface area contributed by atoms with Gasteiger partial charge in [0.2, 0.25) is 5.82 Å². The van der Waals surface area contributed by atoms with Gasteiger partial charge in [-0.15, -0.1) is 21.9 Å². The van der Waals surface area contributed by atoms with Crippen molar-refractivity contribution >= 4 is 76.8 Å². The molecule has 0 radical (unpaired) electrons. The molecule has 0 aliphatic heterocycles. The summed E-state index contributed by atoms with van der Waals surface area (Å²) in [5, 5.41) is -19.9. The largest absolute Gasteiger partial charge is 0.299 e. The highest BCUT2D eigenvalue weighted by molar-refractivity contribution is 7.23. The summed E-state index contributed by atoms with van der Waals surface area (Å²) >= 11 is 0. The fourth-order valence-electron chi connectivity index (χ4n) is 13.5. The Hall–Kier alpha value is -7.78. The van der Waals surface area contributed by atoms with E-state index in [0.717, 1.165) is 43.7 Å². The lowest BCUT2D eigenvalue weighted by molar-refractivity contribution is -0.841. The van der Waals surface area contributed by atoms with Crippen LogP contribution < -0.4 is 26.8 Å². The average molecular weight is 1360 g/mol. The second-order valence-electron chi connectivity index (χ2n) is 22.8. The molecule has 0 amide bonds. The molecule has 0 fully saturated rings. The first-order chi connectivity index (χ1) is 44.1. The molecule has 9 aromatic carbocycles. The van der Waals surface area contributed by atoms with Gasteiger partial charge in [-0.3, -0.25) is 4.90 Å². The van der Waals surface area contributed by atoms with Crippen molar-refractivity contribution in [3.05, 3.63) is 192 Å². The normalized spacial score (nSPS) is 13.1. The van der Waals surface area contributed by atoms with E-state index in [1.807, 2.05) is 0 Å². The summed E-state index contributed by atoms with van der Waals surface area (Å²) in [6.45, 7) is 12.9. The van der Waals surface area contributed by atoms with E-state index in [-0.39, 0.29) is 0 Å². The first kappa shape index (κ1) is 72.1. The maximum Gasteiger partial charge on any atom is 0.219 e. The van der Waals surface area contributed by atoms with Gasteiger partial charge in [-0.1, -0.05) is 74.3 Å². The molecule has 9 aromatic rings. The Morgan fingerprint density at radius 2 is 0.500 bits per heavy atom. The highest BCUT2D eigenvalue weighted by Gasteiger charge is 2.51. The average Bonchev–Trinajstić information content (AvgIpc) is 0.662. The van der Waals surface area contributed by atoms with Gasteiger partial charge in [0.25, 0.3) is 0 Å². The molecule has 0 aliphatic carbocycles. The molecule has 94 heavy (non-hydrogen) atoms. The fourth-order valence-corrected chi connectivity index (χ4v) is 13.5. The Balaban J connectivity index is 0.000000460. The van der Waals surface area contributed by atoms with Crippen LogP contribution in [0.25, 0.3) is 43.1 Å². The van der Waals surface area contributed by atoms with E-state index in [0.29, 0.717) is 45.2 Å². The highest BCUT2D eigenvalue weighted by Crippen LogP contribution is 2.43. The molecule has 1 nitrogen and oxygen atoms in total. The fraction of sp³-hybridized carbons (Fsp3) is 0.303. The van der Waals surface area contributed by atoms with Crippen molar-refractivity contribution in [2.24, 2.45) is 11.8 Å². The van der Waals surface area contributed by atoms with Crippen LogP contribution >= 0.6 is 0 Å². The van der Waals surface area contributed by atoms with Gasteiger partial charge in [-0.05, 0) is 88.4 Å². The van der Waals surface area contributed by atoms with Crippen LogP contribution in [0.2, 0.25) is 0 Å². The Morgan fingerprint density at radius 3 is 0.713 bits per heavy atom. The lowest BCUT2D eigenvalue weighted by atomic mass is 9.11. The van der Waals surface area contributed by atoms with Crippen molar-refractivity contribution in [3.8, 4) is 0 Å². The van der Waals surface area contributed by atoms with Gasteiger partial charge in [0.15, 0.2) is 128 Å². The third kappa shape index (κ3) is 10.8. The number of benzene rings is 9. The molecule has 0 bridgehead atoms. The summed E-state index contributed by atoms with van der Waals surface area (Å²) in [6, 6.07) is 4.54. The number of nitrogens with one attached hydrogen (secondary N) is 1. The molecule has 28 heteroatoms. The molecule has 0 aliphatic rings. The van der Waals surface area contributed by atoms with Crippen LogP contribution in [-0.4, -0.2) is 19.2 Å². The third-order valence-corrected chi connectivity index (χ3v) is 17.4. The Labute approximate surface area is 517 Å². The second kappa shape index (κ2) is 27.1. The molecule has 0 spiro atoms. The minimum atomic E-state index is -7.12. The van der Waals surface area contributed by atoms with E-state index in [4.69, 9.17) is 0 Å². The zero-order valence-corrected chi connectivity index (χ0v) is 50.4. The smallest absolute Gasteiger partial charge is 0.219 e. The standard InChI is InChI=1S/C48H20BF24.C18H29F2N/c1-5-9-13-17(29(54)41(66)25(9)50)33(58)45(70)37(62)21(13)49(22-14-10(6-2)26(51)42(67)30(55)18(14)34(59)46(71)38(22)63,23-15-11(7-3)27(52)43(68)31(56)19(15)35(60)47(72)39(23)64)24-16-12(8-4)28(53)44(69)32(57)20(16)36(61)48(73)40(24)65;1-5-8-14(3)12-21(13-15(4)9-6-2)17-11-7-10-16(19)18(17)20/h5-8H2,1-4H3;7,10-11,14-15H,5-6,8-9,12-13H2,1-4H3/q-1;/p+1.